The van der Waals surface area contributed by atoms with E-state index in [-0.39, 0.29) is 17.5 Å². The molecule has 0 aromatic rings. The lowest BCUT2D eigenvalue weighted by molar-refractivity contribution is -0.140. The van der Waals surface area contributed by atoms with Crippen molar-refractivity contribution >= 4 is 28.6 Å². The first-order chi connectivity index (χ1) is 7.70. The zero-order chi connectivity index (χ0) is 11.6. The summed E-state index contributed by atoms with van der Waals surface area (Å²) in [5.41, 5.74) is 0.211. The molecule has 1 saturated carbocycles. The SMILES string of the molecule is CCCC1CCC2(CC1)CC(=O)OC2CI. The molecule has 3 heteroatoms. The molecule has 1 saturated heterocycles. The molecule has 1 aliphatic carbocycles. The van der Waals surface area contributed by atoms with Gasteiger partial charge in [0.05, 0.1) is 6.42 Å². The Bertz CT molecular complexity index is 257. The normalized spacial score (nSPS) is 39.0. The van der Waals surface area contributed by atoms with E-state index in [4.69, 9.17) is 4.74 Å². The van der Waals surface area contributed by atoms with E-state index in [1.165, 1.54) is 38.5 Å². The van der Waals surface area contributed by atoms with Crippen LogP contribution in [0.15, 0.2) is 0 Å². The molecular weight excluding hydrogens is 315 g/mol. The summed E-state index contributed by atoms with van der Waals surface area (Å²) in [7, 11) is 0. The molecule has 92 valence electrons. The Morgan fingerprint density at radius 3 is 2.69 bits per heavy atom. The minimum absolute atomic E-state index is 0.0376. The Hall–Kier alpha value is 0.200. The van der Waals surface area contributed by atoms with E-state index < -0.39 is 0 Å². The first-order valence-corrected chi connectivity index (χ1v) is 7.98. The predicted octanol–water partition coefficient (Wildman–Crippen LogP) is 3.71. The third-order valence-electron chi connectivity index (χ3n) is 4.39. The van der Waals surface area contributed by atoms with E-state index in [9.17, 15) is 4.79 Å². The molecule has 2 nitrogen and oxygen atoms in total. The molecule has 16 heavy (non-hydrogen) atoms. The van der Waals surface area contributed by atoms with Crippen molar-refractivity contribution in [2.45, 2.75) is 58.0 Å². The van der Waals surface area contributed by atoms with Crippen molar-refractivity contribution in [1.29, 1.82) is 0 Å². The lowest BCUT2D eigenvalue weighted by Crippen LogP contribution is -2.36. The second-order valence-corrected chi connectivity index (χ2v) is 6.28. The van der Waals surface area contributed by atoms with Crippen molar-refractivity contribution in [3.05, 3.63) is 0 Å². The molecule has 0 bridgehead atoms. The van der Waals surface area contributed by atoms with Crippen LogP contribution in [0.25, 0.3) is 0 Å². The number of halogens is 1. The van der Waals surface area contributed by atoms with Crippen LogP contribution in [0.1, 0.15) is 51.9 Å². The van der Waals surface area contributed by atoms with Gasteiger partial charge in [0.2, 0.25) is 0 Å². The first kappa shape index (κ1) is 12.7. The van der Waals surface area contributed by atoms with E-state index in [1.807, 2.05) is 0 Å². The second kappa shape index (κ2) is 5.23. The lowest BCUT2D eigenvalue weighted by Gasteiger charge is -2.38. The van der Waals surface area contributed by atoms with Gasteiger partial charge in [-0.25, -0.2) is 0 Å². The first-order valence-electron chi connectivity index (χ1n) is 6.45. The van der Waals surface area contributed by atoms with Gasteiger partial charge in [0.15, 0.2) is 0 Å². The summed E-state index contributed by atoms with van der Waals surface area (Å²) in [6.45, 7) is 2.26. The van der Waals surface area contributed by atoms with Crippen molar-refractivity contribution < 1.29 is 9.53 Å². The van der Waals surface area contributed by atoms with Crippen LogP contribution in [0.3, 0.4) is 0 Å². The van der Waals surface area contributed by atoms with Gasteiger partial charge in [0.25, 0.3) is 0 Å². The lowest BCUT2D eigenvalue weighted by atomic mass is 9.66. The average Bonchev–Trinajstić information content (AvgIpc) is 2.59. The summed E-state index contributed by atoms with van der Waals surface area (Å²) in [4.78, 5) is 11.5. The monoisotopic (exact) mass is 336 g/mol. The maximum atomic E-state index is 11.5. The Labute approximate surface area is 112 Å². The van der Waals surface area contributed by atoms with E-state index in [1.54, 1.807) is 0 Å². The molecule has 1 aliphatic heterocycles. The third-order valence-corrected chi connectivity index (χ3v) is 5.19. The van der Waals surface area contributed by atoms with E-state index in [0.29, 0.717) is 6.42 Å². The molecule has 0 aromatic heterocycles. The molecule has 0 amide bonds. The summed E-state index contributed by atoms with van der Waals surface area (Å²) in [5.74, 6) is 0.941. The highest BCUT2D eigenvalue weighted by atomic mass is 127. The van der Waals surface area contributed by atoms with Crippen molar-refractivity contribution in [3.8, 4) is 0 Å². The average molecular weight is 336 g/mol. The molecule has 0 aromatic carbocycles. The minimum atomic E-state index is 0.0376. The minimum Gasteiger partial charge on any atom is -0.461 e. The number of alkyl halides is 1. The molecule has 1 atom stereocenters. The Balaban J connectivity index is 1.97. The predicted molar refractivity (Wildman–Crippen MR) is 72.7 cm³/mol. The molecule has 2 aliphatic rings. The molecule has 2 fully saturated rings. The van der Waals surface area contributed by atoms with Crippen LogP contribution < -0.4 is 0 Å². The van der Waals surface area contributed by atoms with E-state index >= 15 is 0 Å². The van der Waals surface area contributed by atoms with Gasteiger partial charge in [-0.05, 0) is 31.6 Å². The standard InChI is InChI=1S/C13H21IO2/c1-2-3-10-4-6-13(7-5-10)8-12(15)16-11(13)9-14/h10-11H,2-9H2,1H3. The number of carbonyl (C=O) groups excluding carboxylic acids is 1. The van der Waals surface area contributed by atoms with Gasteiger partial charge in [0.1, 0.15) is 6.10 Å². The number of cyclic esters (lactones) is 1. The second-order valence-electron chi connectivity index (χ2n) is 5.40. The number of hydrogen-bond acceptors (Lipinski definition) is 2. The van der Waals surface area contributed by atoms with Crippen molar-refractivity contribution in [2.75, 3.05) is 4.43 Å². The topological polar surface area (TPSA) is 26.3 Å². The van der Waals surface area contributed by atoms with Crippen molar-refractivity contribution in [1.82, 2.24) is 0 Å². The van der Waals surface area contributed by atoms with E-state index in [2.05, 4.69) is 29.5 Å². The van der Waals surface area contributed by atoms with Crippen LogP contribution in [0.2, 0.25) is 0 Å². The van der Waals surface area contributed by atoms with Gasteiger partial charge in [-0.3, -0.25) is 4.79 Å². The molecule has 0 N–H and O–H groups in total. The van der Waals surface area contributed by atoms with Crippen LogP contribution >= 0.6 is 22.6 Å². The zero-order valence-corrected chi connectivity index (χ0v) is 12.2. The van der Waals surface area contributed by atoms with Gasteiger partial charge in [-0.15, -0.1) is 0 Å². The Kier molecular flexibility index (Phi) is 4.14. The van der Waals surface area contributed by atoms with Gasteiger partial charge in [-0.2, -0.15) is 0 Å². The molecule has 1 spiro atoms. The number of carbonyl (C=O) groups is 1. The molecular formula is C13H21IO2. The largest absolute Gasteiger partial charge is 0.461 e. The number of hydrogen-bond donors (Lipinski definition) is 0. The highest BCUT2D eigenvalue weighted by molar-refractivity contribution is 14.1. The van der Waals surface area contributed by atoms with Crippen molar-refractivity contribution in [2.24, 2.45) is 11.3 Å². The fourth-order valence-electron chi connectivity index (χ4n) is 3.37. The van der Waals surface area contributed by atoms with Gasteiger partial charge >= 0.3 is 5.97 Å². The van der Waals surface area contributed by atoms with Crippen LogP contribution in [0, 0.1) is 11.3 Å². The van der Waals surface area contributed by atoms with Crippen molar-refractivity contribution in [3.63, 3.8) is 0 Å². The van der Waals surface area contributed by atoms with Gasteiger partial charge in [-0.1, -0.05) is 42.4 Å². The summed E-state index contributed by atoms with van der Waals surface area (Å²) < 4.78 is 6.41. The highest BCUT2D eigenvalue weighted by Gasteiger charge is 2.49. The summed E-state index contributed by atoms with van der Waals surface area (Å²) in [6, 6.07) is 0. The molecule has 0 radical (unpaired) electrons. The summed E-state index contributed by atoms with van der Waals surface area (Å²) >= 11 is 2.36. The van der Waals surface area contributed by atoms with Crippen LogP contribution in [-0.2, 0) is 9.53 Å². The maximum Gasteiger partial charge on any atom is 0.306 e. The third kappa shape index (κ3) is 2.39. The summed E-state index contributed by atoms with van der Waals surface area (Å²) in [5, 5.41) is 0. The van der Waals surface area contributed by atoms with Crippen LogP contribution in [0.5, 0.6) is 0 Å². The summed E-state index contributed by atoms with van der Waals surface area (Å²) in [6.07, 6.45) is 8.55. The number of rotatable bonds is 3. The zero-order valence-electron chi connectivity index (χ0n) is 10.0. The fourth-order valence-corrected chi connectivity index (χ4v) is 4.48. The number of ether oxygens (including phenoxy) is 1. The molecule has 1 heterocycles. The fraction of sp³-hybridized carbons (Fsp3) is 0.923. The molecule has 1 unspecified atom stereocenters. The van der Waals surface area contributed by atoms with Gasteiger partial charge < -0.3 is 4.74 Å². The van der Waals surface area contributed by atoms with Crippen LogP contribution in [-0.4, -0.2) is 16.5 Å². The molecule has 2 rings (SSSR count). The van der Waals surface area contributed by atoms with Crippen LogP contribution in [0.4, 0.5) is 0 Å². The van der Waals surface area contributed by atoms with E-state index in [0.717, 1.165) is 10.3 Å². The Morgan fingerprint density at radius 1 is 1.44 bits per heavy atom. The smallest absolute Gasteiger partial charge is 0.306 e. The highest BCUT2D eigenvalue weighted by Crippen LogP contribution is 2.50. The Morgan fingerprint density at radius 2 is 2.12 bits per heavy atom. The van der Waals surface area contributed by atoms with Gasteiger partial charge in [0, 0.05) is 9.84 Å². The quantitative estimate of drug-likeness (QED) is 0.446. The number of esters is 1. The maximum absolute atomic E-state index is 11.5.